The number of hydrogen-bond acceptors (Lipinski definition) is 4. The maximum Gasteiger partial charge on any atom is 0.337 e. The molecule has 6 heteroatoms. The Hall–Kier alpha value is -3.15. The smallest absolute Gasteiger partial charge is 0.337 e. The predicted molar refractivity (Wildman–Crippen MR) is 98.1 cm³/mol. The largest absolute Gasteiger partial charge is 0.465 e. The number of aryl methyl sites for hydroxylation is 1. The zero-order valence-corrected chi connectivity index (χ0v) is 14.7. The minimum absolute atomic E-state index is 0.0585. The molecule has 0 bridgehead atoms. The third-order valence-corrected chi connectivity index (χ3v) is 4.38. The summed E-state index contributed by atoms with van der Waals surface area (Å²) in [5, 5.41) is 2.80. The van der Waals surface area contributed by atoms with Gasteiger partial charge in [-0.2, -0.15) is 0 Å². The lowest BCUT2D eigenvalue weighted by molar-refractivity contribution is -0.122. The highest BCUT2D eigenvalue weighted by atomic mass is 16.5. The van der Waals surface area contributed by atoms with E-state index in [1.807, 2.05) is 31.2 Å². The Labute approximate surface area is 151 Å². The van der Waals surface area contributed by atoms with Gasteiger partial charge in [0.25, 0.3) is 0 Å². The molecule has 3 rings (SSSR count). The van der Waals surface area contributed by atoms with Crippen LogP contribution in [-0.2, 0) is 14.3 Å². The van der Waals surface area contributed by atoms with Crippen LogP contribution in [0.3, 0.4) is 0 Å². The predicted octanol–water partition coefficient (Wildman–Crippen LogP) is 2.77. The average Bonchev–Trinajstić information content (AvgIpc) is 3.03. The molecule has 0 radical (unpaired) electrons. The van der Waals surface area contributed by atoms with Crippen LogP contribution in [0.15, 0.2) is 48.5 Å². The second-order valence-corrected chi connectivity index (χ2v) is 6.30. The van der Waals surface area contributed by atoms with Crippen molar-refractivity contribution >= 4 is 29.2 Å². The first-order chi connectivity index (χ1) is 12.5. The first-order valence-electron chi connectivity index (χ1n) is 8.34. The van der Waals surface area contributed by atoms with Crippen molar-refractivity contribution < 1.29 is 19.1 Å². The van der Waals surface area contributed by atoms with Crippen LogP contribution in [-0.4, -0.2) is 31.4 Å². The van der Waals surface area contributed by atoms with Gasteiger partial charge in [0, 0.05) is 24.3 Å². The van der Waals surface area contributed by atoms with Gasteiger partial charge in [0.15, 0.2) is 0 Å². The Kier molecular flexibility index (Phi) is 5.02. The summed E-state index contributed by atoms with van der Waals surface area (Å²) >= 11 is 0. The first kappa shape index (κ1) is 17.7. The minimum atomic E-state index is -0.432. The van der Waals surface area contributed by atoms with Gasteiger partial charge in [-0.05, 0) is 48.9 Å². The number of ether oxygens (including phenoxy) is 1. The van der Waals surface area contributed by atoms with E-state index in [1.54, 1.807) is 29.2 Å². The summed E-state index contributed by atoms with van der Waals surface area (Å²) in [6, 6.07) is 14.1. The van der Waals surface area contributed by atoms with Gasteiger partial charge < -0.3 is 15.0 Å². The monoisotopic (exact) mass is 352 g/mol. The van der Waals surface area contributed by atoms with Gasteiger partial charge in [-0.1, -0.05) is 12.1 Å². The van der Waals surface area contributed by atoms with Crippen LogP contribution in [0.1, 0.15) is 22.3 Å². The number of nitrogens with zero attached hydrogens (tertiary/aromatic N) is 1. The third kappa shape index (κ3) is 3.74. The molecule has 1 saturated heterocycles. The van der Waals surface area contributed by atoms with Crippen LogP contribution in [0.5, 0.6) is 0 Å². The molecule has 2 aromatic carbocycles. The highest BCUT2D eigenvalue weighted by molar-refractivity contribution is 6.03. The van der Waals surface area contributed by atoms with E-state index in [4.69, 9.17) is 0 Å². The Morgan fingerprint density at radius 1 is 1.15 bits per heavy atom. The molecule has 0 saturated carbocycles. The number of benzene rings is 2. The van der Waals surface area contributed by atoms with Crippen molar-refractivity contribution in [2.75, 3.05) is 23.9 Å². The topological polar surface area (TPSA) is 75.7 Å². The molecule has 1 N–H and O–H groups in total. The van der Waals surface area contributed by atoms with Crippen LogP contribution in [0.25, 0.3) is 0 Å². The number of methoxy groups -OCH3 is 1. The molecule has 0 spiro atoms. The van der Waals surface area contributed by atoms with Crippen molar-refractivity contribution in [1.29, 1.82) is 0 Å². The first-order valence-corrected chi connectivity index (χ1v) is 8.34. The Morgan fingerprint density at radius 3 is 2.54 bits per heavy atom. The number of esters is 1. The third-order valence-electron chi connectivity index (χ3n) is 4.38. The summed E-state index contributed by atoms with van der Waals surface area (Å²) < 4.78 is 4.64. The van der Waals surface area contributed by atoms with E-state index < -0.39 is 11.9 Å². The molecule has 0 aromatic heterocycles. The number of carbonyl (C=O) groups excluding carboxylic acids is 3. The molecule has 2 amide bonds. The average molecular weight is 352 g/mol. The molecule has 26 heavy (non-hydrogen) atoms. The van der Waals surface area contributed by atoms with E-state index in [1.165, 1.54) is 7.11 Å². The zero-order chi connectivity index (χ0) is 18.7. The minimum Gasteiger partial charge on any atom is -0.465 e. The molecule has 1 aliphatic heterocycles. The van der Waals surface area contributed by atoms with Gasteiger partial charge in [0.05, 0.1) is 18.6 Å². The van der Waals surface area contributed by atoms with E-state index >= 15 is 0 Å². The fourth-order valence-corrected chi connectivity index (χ4v) is 2.98. The van der Waals surface area contributed by atoms with Gasteiger partial charge in [-0.3, -0.25) is 9.59 Å². The number of hydrogen-bond donors (Lipinski definition) is 1. The van der Waals surface area contributed by atoms with Gasteiger partial charge in [-0.25, -0.2) is 4.79 Å². The lowest BCUT2D eigenvalue weighted by atomic mass is 10.1. The molecule has 6 nitrogen and oxygen atoms in total. The second-order valence-electron chi connectivity index (χ2n) is 6.30. The molecular weight excluding hydrogens is 332 g/mol. The summed E-state index contributed by atoms with van der Waals surface area (Å²) in [6.45, 7) is 2.32. The second kappa shape index (κ2) is 7.39. The van der Waals surface area contributed by atoms with Crippen molar-refractivity contribution in [3.05, 3.63) is 59.7 Å². The zero-order valence-electron chi connectivity index (χ0n) is 14.7. The summed E-state index contributed by atoms with van der Waals surface area (Å²) in [5.41, 5.74) is 2.86. The van der Waals surface area contributed by atoms with Crippen molar-refractivity contribution in [3.63, 3.8) is 0 Å². The summed E-state index contributed by atoms with van der Waals surface area (Å²) in [4.78, 5) is 37.9. The molecule has 0 aliphatic carbocycles. The normalized spacial score (nSPS) is 16.5. The molecular formula is C20H20N2O4. The van der Waals surface area contributed by atoms with Crippen LogP contribution in [0, 0.1) is 12.8 Å². The van der Waals surface area contributed by atoms with E-state index in [9.17, 15) is 14.4 Å². The number of nitrogens with one attached hydrogen (secondary N) is 1. The van der Waals surface area contributed by atoms with Crippen LogP contribution >= 0.6 is 0 Å². The molecule has 1 atom stereocenters. The van der Waals surface area contributed by atoms with Gasteiger partial charge in [0.2, 0.25) is 11.8 Å². The molecule has 134 valence electrons. The van der Waals surface area contributed by atoms with Crippen molar-refractivity contribution in [2.45, 2.75) is 13.3 Å². The summed E-state index contributed by atoms with van der Waals surface area (Å²) in [6.07, 6.45) is 0.181. The standard InChI is InChI=1S/C20H20N2O4/c1-13-4-3-5-17(10-13)22-12-15(11-18(22)23)19(24)21-16-8-6-14(7-9-16)20(25)26-2/h3-10,15H,11-12H2,1-2H3,(H,21,24)/t15-/m1/s1. The summed E-state index contributed by atoms with van der Waals surface area (Å²) in [7, 11) is 1.31. The quantitative estimate of drug-likeness (QED) is 0.859. The maximum absolute atomic E-state index is 12.5. The van der Waals surface area contributed by atoms with E-state index in [-0.39, 0.29) is 18.2 Å². The number of rotatable bonds is 4. The number of anilines is 2. The SMILES string of the molecule is COC(=O)c1ccc(NC(=O)[C@@H]2CC(=O)N(c3cccc(C)c3)C2)cc1. The van der Waals surface area contributed by atoms with E-state index in [2.05, 4.69) is 10.1 Å². The van der Waals surface area contributed by atoms with Gasteiger partial charge in [0.1, 0.15) is 0 Å². The Morgan fingerprint density at radius 2 is 1.88 bits per heavy atom. The Bertz CT molecular complexity index is 845. The van der Waals surface area contributed by atoms with Gasteiger partial charge >= 0.3 is 5.97 Å². The fraction of sp³-hybridized carbons (Fsp3) is 0.250. The van der Waals surface area contributed by atoms with Crippen LogP contribution in [0.2, 0.25) is 0 Å². The van der Waals surface area contributed by atoms with E-state index in [0.717, 1.165) is 11.3 Å². The highest BCUT2D eigenvalue weighted by Crippen LogP contribution is 2.26. The van der Waals surface area contributed by atoms with Gasteiger partial charge in [-0.15, -0.1) is 0 Å². The molecule has 1 fully saturated rings. The lowest BCUT2D eigenvalue weighted by Crippen LogP contribution is -2.28. The number of carbonyl (C=O) groups is 3. The molecule has 1 heterocycles. The molecule has 0 unspecified atom stereocenters. The molecule has 1 aliphatic rings. The number of amides is 2. The van der Waals surface area contributed by atoms with Crippen molar-refractivity contribution in [3.8, 4) is 0 Å². The lowest BCUT2D eigenvalue weighted by Gasteiger charge is -2.17. The van der Waals surface area contributed by atoms with Crippen molar-refractivity contribution in [2.24, 2.45) is 5.92 Å². The maximum atomic E-state index is 12.5. The van der Waals surface area contributed by atoms with E-state index in [0.29, 0.717) is 17.8 Å². The fourth-order valence-electron chi connectivity index (χ4n) is 2.98. The molecule has 2 aromatic rings. The summed E-state index contributed by atoms with van der Waals surface area (Å²) in [5.74, 6) is -1.11. The van der Waals surface area contributed by atoms with Crippen LogP contribution in [0.4, 0.5) is 11.4 Å². The van der Waals surface area contributed by atoms with Crippen LogP contribution < -0.4 is 10.2 Å². The van der Waals surface area contributed by atoms with Crippen molar-refractivity contribution in [1.82, 2.24) is 0 Å². The Balaban J connectivity index is 1.65. The highest BCUT2D eigenvalue weighted by Gasteiger charge is 2.35.